The number of aromatic nitrogens is 2. The summed E-state index contributed by atoms with van der Waals surface area (Å²) in [6.07, 6.45) is 8.69. The normalized spacial score (nSPS) is 23.8. The Labute approximate surface area is 189 Å². The third-order valence-corrected chi connectivity index (χ3v) is 7.74. The maximum atomic E-state index is 14.2. The van der Waals surface area contributed by atoms with Crippen molar-refractivity contribution in [1.82, 2.24) is 14.7 Å². The lowest BCUT2D eigenvalue weighted by Gasteiger charge is -2.27. The van der Waals surface area contributed by atoms with Crippen LogP contribution in [-0.4, -0.2) is 37.1 Å². The van der Waals surface area contributed by atoms with Gasteiger partial charge in [-0.1, -0.05) is 48.6 Å². The van der Waals surface area contributed by atoms with Crippen LogP contribution >= 0.6 is 0 Å². The number of rotatable bonds is 5. The molecule has 1 aliphatic carbocycles. The maximum Gasteiger partial charge on any atom is 0.193 e. The first-order valence-electron chi connectivity index (χ1n) is 10.6. The van der Waals surface area contributed by atoms with E-state index in [9.17, 15) is 14.0 Å². The van der Waals surface area contributed by atoms with Gasteiger partial charge in [-0.25, -0.2) is 4.39 Å². The molecule has 1 aromatic heterocycles. The van der Waals surface area contributed by atoms with E-state index in [1.807, 2.05) is 36.5 Å². The minimum Gasteiger partial charge on any atom is -0.607 e. The number of hydrogen-bond acceptors (Lipinski definition) is 4. The topological polar surface area (TPSA) is 64.3 Å². The highest BCUT2D eigenvalue weighted by molar-refractivity contribution is 7.95. The second kappa shape index (κ2) is 8.67. The van der Waals surface area contributed by atoms with Gasteiger partial charge in [0.05, 0.1) is 12.1 Å². The Kier molecular flexibility index (Phi) is 5.73. The highest BCUT2D eigenvalue weighted by atomic mass is 32.2. The first kappa shape index (κ1) is 21.2. The van der Waals surface area contributed by atoms with E-state index < -0.39 is 23.2 Å². The summed E-state index contributed by atoms with van der Waals surface area (Å²) in [5.41, 5.74) is 3.23. The van der Waals surface area contributed by atoms with Crippen molar-refractivity contribution in [3.05, 3.63) is 95.4 Å². The van der Waals surface area contributed by atoms with Crippen LogP contribution in [0.1, 0.15) is 5.56 Å². The summed E-state index contributed by atoms with van der Waals surface area (Å²) in [4.78, 5) is 2.73. The number of aliphatic hydroxyl groups is 1. The molecule has 4 atom stereocenters. The number of aryl methyl sites for hydroxylation is 1. The molecule has 32 heavy (non-hydrogen) atoms. The molecule has 0 amide bonds. The highest BCUT2D eigenvalue weighted by Gasteiger charge is 2.47. The Morgan fingerprint density at radius 2 is 1.94 bits per heavy atom. The van der Waals surface area contributed by atoms with Gasteiger partial charge in [-0.15, -0.1) is 0 Å². The first-order chi connectivity index (χ1) is 15.5. The summed E-state index contributed by atoms with van der Waals surface area (Å²) in [7, 11) is 1.89. The van der Waals surface area contributed by atoms with Crippen LogP contribution in [0.25, 0.3) is 11.1 Å². The average Bonchev–Trinajstić information content (AvgIpc) is 3.37. The predicted molar refractivity (Wildman–Crippen MR) is 122 cm³/mol. The molecule has 0 radical (unpaired) electrons. The summed E-state index contributed by atoms with van der Waals surface area (Å²) in [6, 6.07) is 14.3. The first-order valence-corrected chi connectivity index (χ1v) is 11.7. The SMILES string of the molecule is Cn1cc(-c2ccc(CN3CC4C=CC=C([S+]([O-])c5ccccc5F)C4C3O)cc2)cn1. The van der Waals surface area contributed by atoms with Gasteiger partial charge in [0.1, 0.15) is 11.1 Å². The number of aliphatic hydroxyl groups excluding tert-OH is 1. The molecule has 1 saturated heterocycles. The molecule has 1 aliphatic heterocycles. The fourth-order valence-corrected chi connectivity index (χ4v) is 6.00. The number of halogens is 1. The van der Waals surface area contributed by atoms with Gasteiger partial charge >= 0.3 is 0 Å². The van der Waals surface area contributed by atoms with Gasteiger partial charge in [-0.2, -0.15) is 5.10 Å². The van der Waals surface area contributed by atoms with Crippen LogP contribution in [0, 0.1) is 17.7 Å². The van der Waals surface area contributed by atoms with Gasteiger partial charge in [0, 0.05) is 49.0 Å². The minimum atomic E-state index is -1.66. The molecule has 2 aliphatic rings. The molecule has 5 rings (SSSR count). The van der Waals surface area contributed by atoms with E-state index in [2.05, 4.69) is 29.4 Å². The van der Waals surface area contributed by atoms with Gasteiger partial charge in [-0.05, 0) is 29.3 Å². The largest absolute Gasteiger partial charge is 0.607 e. The van der Waals surface area contributed by atoms with E-state index in [1.54, 1.807) is 29.0 Å². The van der Waals surface area contributed by atoms with E-state index in [1.165, 1.54) is 6.07 Å². The summed E-state index contributed by atoms with van der Waals surface area (Å²) in [6.45, 7) is 1.23. The van der Waals surface area contributed by atoms with Gasteiger partial charge in [0.25, 0.3) is 0 Å². The third-order valence-electron chi connectivity index (χ3n) is 6.18. The fourth-order valence-electron chi connectivity index (χ4n) is 4.56. The number of allylic oxidation sites excluding steroid dienone is 2. The van der Waals surface area contributed by atoms with E-state index in [0.29, 0.717) is 18.0 Å². The molecule has 3 aromatic rings. The Balaban J connectivity index is 1.33. The van der Waals surface area contributed by atoms with E-state index in [-0.39, 0.29) is 16.7 Å². The molecule has 0 saturated carbocycles. The van der Waals surface area contributed by atoms with Crippen molar-refractivity contribution >= 4 is 11.2 Å². The lowest BCUT2D eigenvalue weighted by atomic mass is 9.90. The molecular formula is C25H24FN3O2S. The van der Waals surface area contributed by atoms with Crippen LogP contribution in [0.5, 0.6) is 0 Å². The van der Waals surface area contributed by atoms with Gasteiger partial charge in [0.2, 0.25) is 0 Å². The van der Waals surface area contributed by atoms with Crippen LogP contribution in [0.2, 0.25) is 0 Å². The minimum absolute atomic E-state index is 0.0374. The number of likely N-dealkylation sites (tertiary alicyclic amines) is 1. The zero-order chi connectivity index (χ0) is 22.2. The second-order valence-electron chi connectivity index (χ2n) is 8.29. The van der Waals surface area contributed by atoms with Crippen LogP contribution in [0.15, 0.2) is 89.0 Å². The second-order valence-corrected chi connectivity index (χ2v) is 9.73. The van der Waals surface area contributed by atoms with E-state index in [0.717, 1.165) is 16.7 Å². The molecule has 164 valence electrons. The molecular weight excluding hydrogens is 425 g/mol. The molecule has 5 nitrogen and oxygen atoms in total. The maximum absolute atomic E-state index is 14.2. The van der Waals surface area contributed by atoms with Crippen molar-refractivity contribution < 1.29 is 14.0 Å². The van der Waals surface area contributed by atoms with Crippen LogP contribution < -0.4 is 0 Å². The van der Waals surface area contributed by atoms with Crippen LogP contribution in [0.4, 0.5) is 4.39 Å². The van der Waals surface area contributed by atoms with E-state index in [4.69, 9.17) is 0 Å². The Bertz CT molecular complexity index is 1170. The van der Waals surface area contributed by atoms with Gasteiger partial charge in [0.15, 0.2) is 10.7 Å². The lowest BCUT2D eigenvalue weighted by molar-refractivity contribution is 0.0126. The quantitative estimate of drug-likeness (QED) is 0.601. The molecule has 0 spiro atoms. The Morgan fingerprint density at radius 1 is 1.16 bits per heavy atom. The number of fused-ring (bicyclic) bond motifs is 1. The lowest BCUT2D eigenvalue weighted by Crippen LogP contribution is -2.34. The van der Waals surface area contributed by atoms with Gasteiger partial charge in [-0.3, -0.25) is 9.58 Å². The van der Waals surface area contributed by atoms with Crippen molar-refractivity contribution in [2.75, 3.05) is 6.54 Å². The molecule has 4 unspecified atom stereocenters. The number of nitrogens with zero attached hydrogens (tertiary/aromatic N) is 3. The van der Waals surface area contributed by atoms with Crippen molar-refractivity contribution in [2.45, 2.75) is 17.7 Å². The van der Waals surface area contributed by atoms with Crippen molar-refractivity contribution in [2.24, 2.45) is 18.9 Å². The summed E-state index contributed by atoms with van der Waals surface area (Å²) < 4.78 is 29.2. The summed E-state index contributed by atoms with van der Waals surface area (Å²) in [5, 5.41) is 15.3. The average molecular weight is 450 g/mol. The molecule has 1 fully saturated rings. The molecule has 2 aromatic carbocycles. The highest BCUT2D eigenvalue weighted by Crippen LogP contribution is 2.42. The number of benzene rings is 2. The van der Waals surface area contributed by atoms with Crippen molar-refractivity contribution in [3.8, 4) is 11.1 Å². The Hall–Kier alpha value is -2.71. The standard InChI is InChI=1S/C25H24FN3O2S/c1-28-15-20(13-27-28)18-11-9-17(10-12-18)14-29-16-19-5-4-8-23(24(19)25(29)30)32(31)22-7-3-2-6-21(22)26/h2-13,15,19,24-25,30H,14,16H2,1H3. The van der Waals surface area contributed by atoms with Crippen molar-refractivity contribution in [1.29, 1.82) is 0 Å². The predicted octanol–water partition coefficient (Wildman–Crippen LogP) is 3.85. The summed E-state index contributed by atoms with van der Waals surface area (Å²) in [5.74, 6) is -0.776. The Morgan fingerprint density at radius 3 is 2.66 bits per heavy atom. The van der Waals surface area contributed by atoms with Crippen LogP contribution in [-0.2, 0) is 24.8 Å². The molecule has 2 heterocycles. The third kappa shape index (κ3) is 3.93. The fraction of sp³-hybridized carbons (Fsp3) is 0.240. The molecule has 1 N–H and O–H groups in total. The zero-order valence-electron chi connectivity index (χ0n) is 17.6. The monoisotopic (exact) mass is 449 g/mol. The zero-order valence-corrected chi connectivity index (χ0v) is 18.5. The van der Waals surface area contributed by atoms with E-state index >= 15 is 0 Å². The van der Waals surface area contributed by atoms with Crippen molar-refractivity contribution in [3.63, 3.8) is 0 Å². The molecule has 0 bridgehead atoms. The van der Waals surface area contributed by atoms with Gasteiger partial charge < -0.3 is 9.66 Å². The smallest absolute Gasteiger partial charge is 0.193 e. The summed E-state index contributed by atoms with van der Waals surface area (Å²) >= 11 is -1.66. The number of hydrogen-bond donors (Lipinski definition) is 1. The van der Waals surface area contributed by atoms with Crippen LogP contribution in [0.3, 0.4) is 0 Å². The molecule has 7 heteroatoms.